The average molecular weight is 460 g/mol. The highest BCUT2D eigenvalue weighted by Crippen LogP contribution is 2.28. The third kappa shape index (κ3) is 4.70. The summed E-state index contributed by atoms with van der Waals surface area (Å²) in [6.07, 6.45) is 1.85. The zero-order chi connectivity index (χ0) is 18.1. The number of carbonyl (C=O) groups excluding carboxylic acids is 1. The maximum absolute atomic E-state index is 13.1. The van der Waals surface area contributed by atoms with Gasteiger partial charge in [0.25, 0.3) is 5.91 Å². The second-order valence-electron chi connectivity index (χ2n) is 6.33. The van der Waals surface area contributed by atoms with Gasteiger partial charge < -0.3 is 15.2 Å². The van der Waals surface area contributed by atoms with Crippen LogP contribution in [0, 0.1) is 6.92 Å². The van der Waals surface area contributed by atoms with Gasteiger partial charge in [0, 0.05) is 41.8 Å². The number of nitrogens with zero attached hydrogens (tertiary/aromatic N) is 2. The molecule has 1 aliphatic rings. The van der Waals surface area contributed by atoms with E-state index in [4.69, 9.17) is 11.6 Å². The number of hydrogen-bond donors (Lipinski definition) is 2. The van der Waals surface area contributed by atoms with Crippen molar-refractivity contribution in [2.75, 3.05) is 19.6 Å². The van der Waals surface area contributed by atoms with E-state index in [1.807, 2.05) is 53.7 Å². The van der Waals surface area contributed by atoms with E-state index < -0.39 is 0 Å². The molecule has 0 bridgehead atoms. The number of carbonyl (C=O) groups is 1. The van der Waals surface area contributed by atoms with Crippen molar-refractivity contribution in [3.8, 4) is 11.3 Å². The molecule has 3 aromatic rings. The molecule has 1 fully saturated rings. The van der Waals surface area contributed by atoms with Gasteiger partial charge in [-0.25, -0.2) is 4.98 Å². The molecule has 1 aliphatic heterocycles. The monoisotopic (exact) mass is 458 g/mol. The van der Waals surface area contributed by atoms with Gasteiger partial charge in [-0.05, 0) is 30.7 Å². The number of rotatable bonds is 3. The molecule has 0 radical (unpaired) electrons. The van der Waals surface area contributed by atoms with Crippen LogP contribution < -0.4 is 5.32 Å². The number of benzene rings is 1. The van der Waals surface area contributed by atoms with Crippen LogP contribution >= 0.6 is 47.8 Å². The largest absolute Gasteiger partial charge is 0.357 e. The maximum atomic E-state index is 13.1. The van der Waals surface area contributed by atoms with Crippen molar-refractivity contribution in [1.29, 1.82) is 0 Å². The van der Waals surface area contributed by atoms with E-state index in [-0.39, 0.29) is 36.8 Å². The molecule has 1 aromatic carbocycles. The van der Waals surface area contributed by atoms with Gasteiger partial charge in [0.2, 0.25) is 0 Å². The molecule has 1 saturated heterocycles. The Morgan fingerprint density at radius 3 is 2.86 bits per heavy atom. The minimum Gasteiger partial charge on any atom is -0.357 e. The minimum absolute atomic E-state index is 0. The van der Waals surface area contributed by atoms with Gasteiger partial charge in [-0.1, -0.05) is 23.7 Å². The third-order valence-corrected chi connectivity index (χ3v) is 5.57. The van der Waals surface area contributed by atoms with E-state index in [0.29, 0.717) is 23.8 Å². The predicted octanol–water partition coefficient (Wildman–Crippen LogP) is 4.73. The Labute approximate surface area is 185 Å². The number of piperazine rings is 1. The van der Waals surface area contributed by atoms with Gasteiger partial charge in [0.15, 0.2) is 0 Å². The molecule has 2 aromatic heterocycles. The van der Waals surface area contributed by atoms with Crippen LogP contribution in [0.3, 0.4) is 0 Å². The molecule has 28 heavy (non-hydrogen) atoms. The topological polar surface area (TPSA) is 61.0 Å². The summed E-state index contributed by atoms with van der Waals surface area (Å²) in [5.74, 6) is -0.00493. The molecule has 5 nitrogen and oxygen atoms in total. The summed E-state index contributed by atoms with van der Waals surface area (Å²) in [4.78, 5) is 22.6. The molecule has 2 N–H and O–H groups in total. The summed E-state index contributed by atoms with van der Waals surface area (Å²) in [5.41, 5.74) is 3.46. The van der Waals surface area contributed by atoms with Gasteiger partial charge in [-0.3, -0.25) is 4.79 Å². The van der Waals surface area contributed by atoms with Crippen LogP contribution in [0.1, 0.15) is 27.1 Å². The molecule has 0 aliphatic carbocycles. The van der Waals surface area contributed by atoms with Crippen LogP contribution in [0.2, 0.25) is 5.02 Å². The minimum atomic E-state index is -0.0387. The number of thiazole rings is 1. The zero-order valence-corrected chi connectivity index (χ0v) is 18.4. The predicted molar refractivity (Wildman–Crippen MR) is 119 cm³/mol. The average Bonchev–Trinajstić information content (AvgIpc) is 3.30. The molecule has 0 saturated carbocycles. The van der Waals surface area contributed by atoms with Gasteiger partial charge in [-0.15, -0.1) is 36.2 Å². The summed E-state index contributed by atoms with van der Waals surface area (Å²) in [7, 11) is 0. The normalized spacial score (nSPS) is 16.2. The van der Waals surface area contributed by atoms with Gasteiger partial charge in [-0.2, -0.15) is 0 Å². The first kappa shape index (κ1) is 22.7. The van der Waals surface area contributed by atoms with Crippen molar-refractivity contribution in [3.05, 3.63) is 63.2 Å². The highest BCUT2D eigenvalue weighted by atomic mass is 35.5. The molecule has 1 unspecified atom stereocenters. The van der Waals surface area contributed by atoms with E-state index in [0.717, 1.165) is 28.4 Å². The fourth-order valence-electron chi connectivity index (χ4n) is 3.28. The third-order valence-electron chi connectivity index (χ3n) is 4.57. The van der Waals surface area contributed by atoms with Crippen molar-refractivity contribution in [2.45, 2.75) is 13.0 Å². The maximum Gasteiger partial charge on any atom is 0.270 e. The Morgan fingerprint density at radius 1 is 1.32 bits per heavy atom. The number of nitrogens with one attached hydrogen (secondary N) is 2. The lowest BCUT2D eigenvalue weighted by molar-refractivity contribution is 0.0629. The van der Waals surface area contributed by atoms with E-state index in [2.05, 4.69) is 15.3 Å². The van der Waals surface area contributed by atoms with Crippen molar-refractivity contribution in [1.82, 2.24) is 20.2 Å². The first-order valence-electron chi connectivity index (χ1n) is 8.50. The van der Waals surface area contributed by atoms with Crippen LogP contribution in [0.5, 0.6) is 0 Å². The Morgan fingerprint density at radius 2 is 2.14 bits per heavy atom. The van der Waals surface area contributed by atoms with Gasteiger partial charge >= 0.3 is 0 Å². The summed E-state index contributed by atoms with van der Waals surface area (Å²) in [6, 6.07) is 9.56. The van der Waals surface area contributed by atoms with E-state index in [9.17, 15) is 4.79 Å². The number of aromatic amines is 1. The van der Waals surface area contributed by atoms with Crippen molar-refractivity contribution >= 4 is 53.7 Å². The second kappa shape index (κ2) is 9.76. The molecule has 1 atom stereocenters. The number of hydrogen-bond acceptors (Lipinski definition) is 4. The van der Waals surface area contributed by atoms with Crippen molar-refractivity contribution < 1.29 is 4.79 Å². The molecular weight excluding hydrogens is 439 g/mol. The number of aryl methyl sites for hydroxylation is 1. The lowest BCUT2D eigenvalue weighted by Crippen LogP contribution is -2.48. The Bertz CT molecular complexity index is 943. The van der Waals surface area contributed by atoms with Crippen molar-refractivity contribution in [2.24, 2.45) is 0 Å². The summed E-state index contributed by atoms with van der Waals surface area (Å²) in [6.45, 7) is 4.12. The van der Waals surface area contributed by atoms with Crippen LogP contribution in [-0.2, 0) is 0 Å². The van der Waals surface area contributed by atoms with Crippen LogP contribution in [0.15, 0.2) is 41.9 Å². The number of aromatic nitrogens is 2. The van der Waals surface area contributed by atoms with Gasteiger partial charge in [0.05, 0.1) is 16.7 Å². The molecule has 1 amide bonds. The molecule has 9 heteroatoms. The first-order valence-corrected chi connectivity index (χ1v) is 9.75. The first-order chi connectivity index (χ1) is 12.6. The number of H-pyrrole nitrogens is 1. The lowest BCUT2D eigenvalue weighted by atomic mass is 10.0. The smallest absolute Gasteiger partial charge is 0.270 e. The Hall–Kier alpha value is -1.57. The summed E-state index contributed by atoms with van der Waals surface area (Å²) in [5, 5.41) is 7.07. The molecular formula is C19H21Cl3N4OS. The van der Waals surface area contributed by atoms with E-state index in [1.165, 1.54) is 0 Å². The molecule has 3 heterocycles. The summed E-state index contributed by atoms with van der Waals surface area (Å²) < 4.78 is 0. The highest BCUT2D eigenvalue weighted by Gasteiger charge is 2.29. The molecule has 4 rings (SSSR count). The van der Waals surface area contributed by atoms with Crippen LogP contribution in [0.4, 0.5) is 0 Å². The Balaban J connectivity index is 0.00000140. The summed E-state index contributed by atoms with van der Waals surface area (Å²) >= 11 is 7.75. The van der Waals surface area contributed by atoms with Gasteiger partial charge in [0.1, 0.15) is 5.69 Å². The fourth-order valence-corrected chi connectivity index (χ4v) is 4.10. The standard InChI is InChI=1S/C19H19ClN4OS.2ClH/c1-12-23-17(11-26-12)14-8-16(22-9-14)19(25)24-6-5-21-10-18(24)13-3-2-4-15(20)7-13;;/h2-4,7-9,11,18,21-22H,5-6,10H2,1H3;2*1H. The molecule has 150 valence electrons. The fraction of sp³-hybridized carbons (Fsp3) is 0.263. The number of halogens is 3. The van der Waals surface area contributed by atoms with E-state index in [1.54, 1.807) is 11.3 Å². The quantitative estimate of drug-likeness (QED) is 0.595. The second-order valence-corrected chi connectivity index (χ2v) is 7.83. The Kier molecular flexibility index (Phi) is 7.92. The highest BCUT2D eigenvalue weighted by molar-refractivity contribution is 7.09. The van der Waals surface area contributed by atoms with Crippen molar-refractivity contribution in [3.63, 3.8) is 0 Å². The SMILES string of the molecule is Cc1nc(-c2c[nH]c(C(=O)N3CCNCC3c3cccc(Cl)c3)c2)cs1.Cl.Cl. The van der Waals surface area contributed by atoms with E-state index >= 15 is 0 Å². The van der Waals surface area contributed by atoms with Crippen LogP contribution in [-0.4, -0.2) is 40.4 Å². The van der Waals surface area contributed by atoms with Crippen LogP contribution in [0.25, 0.3) is 11.3 Å². The lowest BCUT2D eigenvalue weighted by Gasteiger charge is -2.36. The molecule has 0 spiro atoms. The zero-order valence-electron chi connectivity index (χ0n) is 15.1. The number of amides is 1.